The summed E-state index contributed by atoms with van der Waals surface area (Å²) < 4.78 is 0. The van der Waals surface area contributed by atoms with Gasteiger partial charge in [0.1, 0.15) is 6.04 Å². The first-order valence-electron chi connectivity index (χ1n) is 16.3. The quantitative estimate of drug-likeness (QED) is 0.285. The molecular weight excluding hydrogens is 580 g/mol. The van der Waals surface area contributed by atoms with Crippen LogP contribution in [0.4, 0.5) is 15.3 Å². The van der Waals surface area contributed by atoms with E-state index in [-0.39, 0.29) is 24.0 Å². The minimum absolute atomic E-state index is 0.0416. The summed E-state index contributed by atoms with van der Waals surface area (Å²) in [4.78, 5) is 50.7. The Labute approximate surface area is 268 Å². The van der Waals surface area contributed by atoms with Gasteiger partial charge >= 0.3 is 12.1 Å². The van der Waals surface area contributed by atoms with Crippen LogP contribution in [-0.2, 0) is 17.8 Å². The summed E-state index contributed by atoms with van der Waals surface area (Å²) in [7, 11) is 0. The molecule has 7 rings (SSSR count). The number of aromatic amines is 1. The Morgan fingerprint density at radius 2 is 1.74 bits per heavy atom. The Hall–Kier alpha value is -4.93. The fraction of sp³-hybridized carbons (Fsp3) is 0.400. The van der Waals surface area contributed by atoms with E-state index in [1.54, 1.807) is 11.1 Å². The molecule has 11 nitrogen and oxygen atoms in total. The number of amides is 5. The van der Waals surface area contributed by atoms with E-state index >= 15 is 0 Å². The molecule has 5 heterocycles. The summed E-state index contributed by atoms with van der Waals surface area (Å²) in [5.74, 6) is 0.262. The van der Waals surface area contributed by atoms with Gasteiger partial charge in [-0.15, -0.1) is 0 Å². The number of pyridine rings is 1. The second kappa shape index (κ2) is 12.8. The number of hydrogen-bond donors (Lipinski definition) is 3. The number of para-hydroxylation sites is 1. The number of fused-ring (bicyclic) bond motifs is 2. The summed E-state index contributed by atoms with van der Waals surface area (Å²) in [6.45, 7) is 4.86. The smallest absolute Gasteiger partial charge is 0.322 e. The number of piperidine rings is 2. The molecule has 0 saturated carbocycles. The van der Waals surface area contributed by atoms with Gasteiger partial charge in [0.25, 0.3) is 0 Å². The molecule has 2 aromatic carbocycles. The van der Waals surface area contributed by atoms with E-state index in [0.29, 0.717) is 57.9 Å². The van der Waals surface area contributed by atoms with E-state index < -0.39 is 6.04 Å². The second-order valence-electron chi connectivity index (χ2n) is 12.7. The van der Waals surface area contributed by atoms with Crippen LogP contribution in [0.25, 0.3) is 10.9 Å². The number of hydrogen-bond acceptors (Lipinski definition) is 5. The molecule has 2 aromatic heterocycles. The number of nitrogens with zero attached hydrogens (tertiary/aromatic N) is 5. The largest absolute Gasteiger partial charge is 0.341 e. The van der Waals surface area contributed by atoms with E-state index in [2.05, 4.69) is 37.9 Å². The molecule has 0 spiro atoms. The lowest BCUT2D eigenvalue weighted by Crippen LogP contribution is -2.57. The molecule has 238 valence electrons. The van der Waals surface area contributed by atoms with Crippen LogP contribution in [-0.4, -0.2) is 86.1 Å². The molecule has 3 N–H and O–H groups in total. The van der Waals surface area contributed by atoms with Crippen molar-refractivity contribution in [2.45, 2.75) is 63.6 Å². The van der Waals surface area contributed by atoms with E-state index in [4.69, 9.17) is 0 Å². The molecule has 4 aromatic rings. The van der Waals surface area contributed by atoms with E-state index in [0.717, 1.165) is 51.8 Å². The Kier molecular flexibility index (Phi) is 8.30. The van der Waals surface area contributed by atoms with Gasteiger partial charge in [-0.2, -0.15) is 5.10 Å². The number of carbonyl (C=O) groups excluding carboxylic acids is 3. The SMILES string of the molecule is Cc1cc(CC(NC(=O)N2CCC(N3Cc4ccccc4NC3=O)CC2)C(=O)N2CCC(c3ccccn3)CC2)cc2cn[nH]c12. The number of urea groups is 2. The molecule has 46 heavy (non-hydrogen) atoms. The van der Waals surface area contributed by atoms with Gasteiger partial charge in [-0.1, -0.05) is 30.3 Å². The van der Waals surface area contributed by atoms with Crippen molar-refractivity contribution < 1.29 is 14.4 Å². The third-order valence-electron chi connectivity index (χ3n) is 9.81. The number of nitrogens with one attached hydrogen (secondary N) is 3. The summed E-state index contributed by atoms with van der Waals surface area (Å²) in [6.07, 6.45) is 7.03. The van der Waals surface area contributed by atoms with Gasteiger partial charge in [-0.3, -0.25) is 14.9 Å². The van der Waals surface area contributed by atoms with Gasteiger partial charge in [0.15, 0.2) is 0 Å². The molecule has 0 aliphatic carbocycles. The zero-order valence-corrected chi connectivity index (χ0v) is 26.1. The predicted octanol–water partition coefficient (Wildman–Crippen LogP) is 4.81. The van der Waals surface area contributed by atoms with Gasteiger partial charge in [0, 0.05) is 74.1 Å². The third-order valence-corrected chi connectivity index (χ3v) is 9.81. The van der Waals surface area contributed by atoms with Crippen LogP contribution < -0.4 is 10.6 Å². The Morgan fingerprint density at radius 3 is 2.52 bits per heavy atom. The number of rotatable bonds is 6. The van der Waals surface area contributed by atoms with Crippen molar-refractivity contribution in [3.63, 3.8) is 0 Å². The van der Waals surface area contributed by atoms with Crippen molar-refractivity contribution in [3.05, 3.63) is 89.4 Å². The Morgan fingerprint density at radius 1 is 0.978 bits per heavy atom. The van der Waals surface area contributed by atoms with Gasteiger partial charge in [-0.25, -0.2) is 9.59 Å². The lowest BCUT2D eigenvalue weighted by atomic mass is 9.92. The maximum atomic E-state index is 14.1. The maximum absolute atomic E-state index is 14.1. The molecule has 1 unspecified atom stereocenters. The fourth-order valence-electron chi connectivity index (χ4n) is 7.24. The molecule has 0 bridgehead atoms. The highest BCUT2D eigenvalue weighted by Gasteiger charge is 2.35. The van der Waals surface area contributed by atoms with Gasteiger partial charge in [-0.05, 0) is 73.6 Å². The zero-order chi connectivity index (χ0) is 31.6. The van der Waals surface area contributed by atoms with E-state index in [1.807, 2.05) is 65.4 Å². The Balaban J connectivity index is 1.02. The molecule has 5 amide bonds. The molecule has 3 aliphatic rings. The van der Waals surface area contributed by atoms with Crippen LogP contribution >= 0.6 is 0 Å². The van der Waals surface area contributed by atoms with Crippen molar-refractivity contribution in [3.8, 4) is 0 Å². The minimum Gasteiger partial charge on any atom is -0.341 e. The first-order valence-corrected chi connectivity index (χ1v) is 16.3. The lowest BCUT2D eigenvalue weighted by Gasteiger charge is -2.41. The first kappa shape index (κ1) is 29.8. The molecule has 11 heteroatoms. The zero-order valence-electron chi connectivity index (χ0n) is 26.1. The summed E-state index contributed by atoms with van der Waals surface area (Å²) >= 11 is 0. The number of likely N-dealkylation sites (tertiary alicyclic amines) is 2. The summed E-state index contributed by atoms with van der Waals surface area (Å²) in [5.41, 5.74) is 6.02. The second-order valence-corrected chi connectivity index (χ2v) is 12.7. The van der Waals surface area contributed by atoms with Crippen molar-refractivity contribution in [1.82, 2.24) is 35.2 Å². The maximum Gasteiger partial charge on any atom is 0.322 e. The number of H-pyrrole nitrogens is 1. The van der Waals surface area contributed by atoms with Gasteiger partial charge in [0.05, 0.1) is 11.7 Å². The van der Waals surface area contributed by atoms with Gasteiger partial charge in [0.2, 0.25) is 5.91 Å². The van der Waals surface area contributed by atoms with Crippen LogP contribution in [0.5, 0.6) is 0 Å². The van der Waals surface area contributed by atoms with Crippen molar-refractivity contribution >= 4 is 34.6 Å². The van der Waals surface area contributed by atoms with Crippen molar-refractivity contribution in [2.24, 2.45) is 0 Å². The predicted molar refractivity (Wildman–Crippen MR) is 175 cm³/mol. The summed E-state index contributed by atoms with van der Waals surface area (Å²) in [6, 6.07) is 17.0. The fourth-order valence-corrected chi connectivity index (χ4v) is 7.24. The number of benzene rings is 2. The van der Waals surface area contributed by atoms with Gasteiger partial charge < -0.3 is 25.3 Å². The summed E-state index contributed by atoms with van der Waals surface area (Å²) in [5, 5.41) is 14.3. The highest BCUT2D eigenvalue weighted by Crippen LogP contribution is 2.29. The number of aryl methyl sites for hydroxylation is 1. The van der Waals surface area contributed by atoms with E-state index in [1.165, 1.54) is 0 Å². The van der Waals surface area contributed by atoms with Crippen molar-refractivity contribution in [2.75, 3.05) is 31.5 Å². The van der Waals surface area contributed by atoms with Crippen molar-refractivity contribution in [1.29, 1.82) is 0 Å². The van der Waals surface area contributed by atoms with Crippen LogP contribution in [0.15, 0.2) is 67.0 Å². The normalized spacial score (nSPS) is 18.3. The topological polar surface area (TPSA) is 127 Å². The van der Waals surface area contributed by atoms with Crippen LogP contribution in [0.3, 0.4) is 0 Å². The third kappa shape index (κ3) is 6.14. The highest BCUT2D eigenvalue weighted by molar-refractivity contribution is 5.92. The molecule has 3 aliphatic heterocycles. The van der Waals surface area contributed by atoms with E-state index in [9.17, 15) is 14.4 Å². The van der Waals surface area contributed by atoms with Crippen LogP contribution in [0, 0.1) is 6.92 Å². The van der Waals surface area contributed by atoms with Crippen LogP contribution in [0.1, 0.15) is 54.0 Å². The molecular formula is C35H40N8O3. The standard InChI is InChI=1S/C35H40N8O3/c1-23-18-24(19-27-21-37-40-32(23)27)20-31(33(44)41-14-9-25(10-15-41)29-7-4-5-13-36-29)39-34(45)42-16-11-28(12-17-42)43-22-26-6-2-3-8-30(26)38-35(43)46/h2-8,13,18-19,21,25,28,31H,9-12,14-17,20,22H2,1H3,(H,37,40)(H,38,46)(H,39,45). The van der Waals surface area contributed by atoms with Crippen LogP contribution in [0.2, 0.25) is 0 Å². The molecule has 1 atom stereocenters. The average molecular weight is 621 g/mol. The highest BCUT2D eigenvalue weighted by atomic mass is 16.2. The number of aromatic nitrogens is 3. The number of carbonyl (C=O) groups is 3. The molecule has 2 saturated heterocycles. The first-order chi connectivity index (χ1) is 22.4. The average Bonchev–Trinajstić information content (AvgIpc) is 3.57. The number of anilines is 1. The molecule has 2 fully saturated rings. The monoisotopic (exact) mass is 620 g/mol. The Bertz CT molecular complexity index is 1720. The lowest BCUT2D eigenvalue weighted by molar-refractivity contribution is -0.134. The minimum atomic E-state index is -0.704. The molecule has 0 radical (unpaired) electrons.